The summed E-state index contributed by atoms with van der Waals surface area (Å²) in [7, 11) is 0. The van der Waals surface area contributed by atoms with Crippen LogP contribution in [-0.4, -0.2) is 38.6 Å². The van der Waals surface area contributed by atoms with Crippen molar-refractivity contribution in [1.29, 1.82) is 0 Å². The number of halogens is 4. The molecule has 1 aromatic carbocycles. The first-order valence-electron chi connectivity index (χ1n) is 9.15. The fourth-order valence-corrected chi connectivity index (χ4v) is 2.97. The highest BCUT2D eigenvalue weighted by Crippen LogP contribution is 2.36. The van der Waals surface area contributed by atoms with Gasteiger partial charge in [0.1, 0.15) is 23.3 Å². The molecule has 2 amide bonds. The lowest BCUT2D eigenvalue weighted by Crippen LogP contribution is -2.32. The molecule has 0 aliphatic heterocycles. The van der Waals surface area contributed by atoms with Crippen molar-refractivity contribution in [3.63, 3.8) is 0 Å². The lowest BCUT2D eigenvalue weighted by atomic mass is 10.2. The summed E-state index contributed by atoms with van der Waals surface area (Å²) in [6.07, 6.45) is -1.16. The van der Waals surface area contributed by atoms with Crippen LogP contribution in [0.1, 0.15) is 17.2 Å². The van der Waals surface area contributed by atoms with E-state index >= 15 is 0 Å². The monoisotopic (exact) mass is 453 g/mol. The smallest absolute Gasteiger partial charge is 0.368 e. The predicted octanol–water partition coefficient (Wildman–Crippen LogP) is 4.18. The molecule has 0 aliphatic rings. The minimum atomic E-state index is -4.61. The van der Waals surface area contributed by atoms with Gasteiger partial charge in [0.15, 0.2) is 0 Å². The Balaban J connectivity index is 1.53. The van der Waals surface area contributed by atoms with Crippen molar-refractivity contribution in [3.8, 4) is 5.82 Å². The molecule has 3 rings (SSSR count). The number of aromatic nitrogens is 4. The van der Waals surface area contributed by atoms with E-state index in [1.54, 1.807) is 25.4 Å². The van der Waals surface area contributed by atoms with Gasteiger partial charge in [-0.2, -0.15) is 13.2 Å². The lowest BCUT2D eigenvalue weighted by Gasteiger charge is -2.13. The van der Waals surface area contributed by atoms with Crippen molar-refractivity contribution in [3.05, 3.63) is 58.9 Å². The molecular weight excluding hydrogens is 435 g/mol. The fraction of sp³-hybridized carbons (Fsp3) is 0.263. The molecule has 12 heteroatoms. The van der Waals surface area contributed by atoms with Gasteiger partial charge in [0, 0.05) is 37.2 Å². The number of nitrogens with zero attached hydrogens (tertiary/aromatic N) is 4. The Morgan fingerprint density at radius 1 is 1.16 bits per heavy atom. The molecule has 8 nitrogen and oxygen atoms in total. The largest absolute Gasteiger partial charge is 0.417 e. The third-order valence-corrected chi connectivity index (χ3v) is 4.47. The maximum absolute atomic E-state index is 12.9. The number of alkyl halides is 3. The maximum Gasteiger partial charge on any atom is 0.417 e. The number of carbonyl (C=O) groups is 1. The Labute approximate surface area is 180 Å². The van der Waals surface area contributed by atoms with Crippen molar-refractivity contribution in [1.82, 2.24) is 24.8 Å². The van der Waals surface area contributed by atoms with Crippen LogP contribution in [0.15, 0.2) is 36.7 Å². The SMILES string of the molecule is Cc1nc(NCCNC(=O)Nc2ccc(Cl)c(C(F)(F)F)c2)cc(-n2ccnc2C)n1. The maximum atomic E-state index is 12.9. The van der Waals surface area contributed by atoms with Crippen LogP contribution in [0.4, 0.5) is 29.5 Å². The van der Waals surface area contributed by atoms with Crippen LogP contribution in [0.3, 0.4) is 0 Å². The zero-order valence-electron chi connectivity index (χ0n) is 16.6. The molecule has 0 unspecified atom stereocenters. The van der Waals surface area contributed by atoms with Crippen molar-refractivity contribution in [2.45, 2.75) is 20.0 Å². The van der Waals surface area contributed by atoms with E-state index in [-0.39, 0.29) is 12.2 Å². The summed E-state index contributed by atoms with van der Waals surface area (Å²) in [5.74, 6) is 2.55. The van der Waals surface area contributed by atoms with Gasteiger partial charge < -0.3 is 16.0 Å². The van der Waals surface area contributed by atoms with Gasteiger partial charge in [-0.05, 0) is 32.0 Å². The van der Waals surface area contributed by atoms with Crippen molar-refractivity contribution >= 4 is 29.1 Å². The Kier molecular flexibility index (Phi) is 6.64. The molecule has 3 N–H and O–H groups in total. The van der Waals surface area contributed by atoms with E-state index in [1.807, 2.05) is 11.5 Å². The van der Waals surface area contributed by atoms with Gasteiger partial charge in [0.05, 0.1) is 10.6 Å². The zero-order chi connectivity index (χ0) is 22.6. The molecule has 0 saturated heterocycles. The number of aryl methyl sites for hydroxylation is 2. The summed E-state index contributed by atoms with van der Waals surface area (Å²) in [4.78, 5) is 24.8. The molecule has 164 valence electrons. The van der Waals surface area contributed by atoms with E-state index in [2.05, 4.69) is 30.9 Å². The molecule has 0 fully saturated rings. The number of imidazole rings is 1. The number of anilines is 2. The van der Waals surface area contributed by atoms with Crippen molar-refractivity contribution < 1.29 is 18.0 Å². The first-order chi connectivity index (χ1) is 14.6. The molecule has 31 heavy (non-hydrogen) atoms. The third kappa shape index (κ3) is 5.85. The van der Waals surface area contributed by atoms with Gasteiger partial charge >= 0.3 is 12.2 Å². The molecule has 2 aromatic heterocycles. The summed E-state index contributed by atoms with van der Waals surface area (Å²) < 4.78 is 40.5. The number of benzene rings is 1. The molecule has 0 aliphatic carbocycles. The first kappa shape index (κ1) is 22.3. The van der Waals surface area contributed by atoms with Gasteiger partial charge in [-0.3, -0.25) is 4.57 Å². The normalized spacial score (nSPS) is 11.3. The summed E-state index contributed by atoms with van der Waals surface area (Å²) in [5.41, 5.74) is -1.04. The standard InChI is InChI=1S/C19H19ClF3N7O/c1-11-27-16(10-17(28-11)30-8-7-24-12(30)2)25-5-6-26-18(31)29-13-3-4-15(20)14(9-13)19(21,22)23/h3-4,7-10H,5-6H2,1-2H3,(H,25,27,28)(H2,26,29,31). The lowest BCUT2D eigenvalue weighted by molar-refractivity contribution is -0.137. The second kappa shape index (κ2) is 9.21. The van der Waals surface area contributed by atoms with E-state index < -0.39 is 22.8 Å². The van der Waals surface area contributed by atoms with Crippen LogP contribution in [0.5, 0.6) is 0 Å². The van der Waals surface area contributed by atoms with Gasteiger partial charge in [-0.1, -0.05) is 11.6 Å². The van der Waals surface area contributed by atoms with Crippen molar-refractivity contribution in [2.75, 3.05) is 23.7 Å². The topological polar surface area (TPSA) is 96.8 Å². The molecule has 0 saturated carbocycles. The highest BCUT2D eigenvalue weighted by Gasteiger charge is 2.33. The van der Waals surface area contributed by atoms with Crippen molar-refractivity contribution in [2.24, 2.45) is 0 Å². The van der Waals surface area contributed by atoms with Crippen LogP contribution in [0.2, 0.25) is 5.02 Å². The molecule has 0 atom stereocenters. The van der Waals surface area contributed by atoms with Crippen LogP contribution < -0.4 is 16.0 Å². The third-order valence-electron chi connectivity index (χ3n) is 4.14. The van der Waals surface area contributed by atoms with Gasteiger partial charge in [0.25, 0.3) is 0 Å². The van der Waals surface area contributed by atoms with E-state index in [1.165, 1.54) is 6.07 Å². The average Bonchev–Trinajstić information content (AvgIpc) is 3.11. The van der Waals surface area contributed by atoms with E-state index in [9.17, 15) is 18.0 Å². The average molecular weight is 454 g/mol. The number of hydrogen-bond donors (Lipinski definition) is 3. The van der Waals surface area contributed by atoms with E-state index in [4.69, 9.17) is 11.6 Å². The zero-order valence-corrected chi connectivity index (χ0v) is 17.3. The second-order valence-electron chi connectivity index (χ2n) is 6.50. The van der Waals surface area contributed by atoms with Gasteiger partial charge in [0.2, 0.25) is 0 Å². The molecule has 0 radical (unpaired) electrons. The Morgan fingerprint density at radius 3 is 2.61 bits per heavy atom. The Bertz CT molecular complexity index is 1080. The minimum Gasteiger partial charge on any atom is -0.368 e. The first-order valence-corrected chi connectivity index (χ1v) is 9.53. The summed E-state index contributed by atoms with van der Waals surface area (Å²) >= 11 is 5.57. The second-order valence-corrected chi connectivity index (χ2v) is 6.91. The predicted molar refractivity (Wildman–Crippen MR) is 111 cm³/mol. The number of urea groups is 1. The molecule has 2 heterocycles. The molecule has 0 bridgehead atoms. The molecule has 0 spiro atoms. The molecular formula is C19H19ClF3N7O. The quantitative estimate of drug-likeness (QED) is 0.486. The van der Waals surface area contributed by atoms with E-state index in [0.29, 0.717) is 24.0 Å². The number of amides is 2. The van der Waals surface area contributed by atoms with Gasteiger partial charge in [-0.15, -0.1) is 0 Å². The highest BCUT2D eigenvalue weighted by atomic mass is 35.5. The number of rotatable bonds is 6. The summed E-state index contributed by atoms with van der Waals surface area (Å²) in [6, 6.07) is 4.25. The van der Waals surface area contributed by atoms with Crippen LogP contribution in [0, 0.1) is 13.8 Å². The number of hydrogen-bond acceptors (Lipinski definition) is 5. The molecule has 3 aromatic rings. The highest BCUT2D eigenvalue weighted by molar-refractivity contribution is 6.31. The fourth-order valence-electron chi connectivity index (χ4n) is 2.75. The minimum absolute atomic E-state index is 0.0195. The number of nitrogens with one attached hydrogen (secondary N) is 3. The van der Waals surface area contributed by atoms with E-state index in [0.717, 1.165) is 18.0 Å². The number of carbonyl (C=O) groups excluding carboxylic acids is 1. The van der Waals surface area contributed by atoms with Crippen LogP contribution in [-0.2, 0) is 6.18 Å². The van der Waals surface area contributed by atoms with Gasteiger partial charge in [-0.25, -0.2) is 19.7 Å². The van der Waals surface area contributed by atoms with Crippen LogP contribution >= 0.6 is 11.6 Å². The summed E-state index contributed by atoms with van der Waals surface area (Å²) in [5, 5.41) is 7.54. The summed E-state index contributed by atoms with van der Waals surface area (Å²) in [6.45, 7) is 4.15. The Morgan fingerprint density at radius 2 is 1.94 bits per heavy atom. The van der Waals surface area contributed by atoms with Crippen LogP contribution in [0.25, 0.3) is 5.82 Å². The Hall–Kier alpha value is -3.34.